The van der Waals surface area contributed by atoms with Gasteiger partial charge in [0, 0.05) is 159 Å². The number of urea groups is 2. The number of non-ortho nitro benzene ring substituents is 2. The third-order valence-electron chi connectivity index (χ3n) is 16.6. The number of aromatic nitrogens is 4. The number of nitro groups is 2. The molecule has 0 atom stereocenters. The first-order chi connectivity index (χ1) is 49.1. The Morgan fingerprint density at radius 3 is 1.25 bits per heavy atom. The smallest absolute Gasteiger partial charge is 0.410 e. The van der Waals surface area contributed by atoms with Gasteiger partial charge >= 0.3 is 24.2 Å². The number of carbonyl (C=O) groups is 4. The van der Waals surface area contributed by atoms with Crippen LogP contribution in [0.15, 0.2) is 146 Å². The fourth-order valence-electron chi connectivity index (χ4n) is 11.4. The van der Waals surface area contributed by atoms with Crippen LogP contribution in [0.2, 0.25) is 5.28 Å². The maximum atomic E-state index is 14.2. The number of benzene rings is 6. The summed E-state index contributed by atoms with van der Waals surface area (Å²) in [6.07, 6.45) is 2.73. The number of nitrogens with two attached hydrogens (primary N) is 1. The average molecular weight is 1430 g/mol. The van der Waals surface area contributed by atoms with Crippen LogP contribution in [0.3, 0.4) is 0 Å². The number of nitro benzene ring substituents is 2. The zero-order chi connectivity index (χ0) is 73.9. The van der Waals surface area contributed by atoms with E-state index in [0.717, 1.165) is 35.8 Å². The topological polar surface area (TPSA) is 325 Å². The Labute approximate surface area is 600 Å². The van der Waals surface area contributed by atoms with Gasteiger partial charge in [0.05, 0.1) is 75.8 Å². The summed E-state index contributed by atoms with van der Waals surface area (Å²) in [7, 11) is 6.14. The Bertz CT molecular complexity index is 4310. The molecule has 31 heteroatoms. The van der Waals surface area contributed by atoms with Crippen LogP contribution in [0.1, 0.15) is 63.8 Å². The molecule has 0 unspecified atom stereocenters. The number of halogens is 1. The number of nitrogens with one attached hydrogen (secondary N) is 1. The first-order valence-corrected chi connectivity index (χ1v) is 33.2. The summed E-state index contributed by atoms with van der Waals surface area (Å²) in [5, 5.41) is 25.5. The minimum absolute atomic E-state index is 0.0155. The molecule has 8 aromatic rings. The maximum Gasteiger partial charge on any atom is 0.410 e. The molecule has 2 aromatic heterocycles. The second-order valence-corrected chi connectivity index (χ2v) is 26.4. The highest BCUT2D eigenvalue weighted by Crippen LogP contribution is 2.39. The van der Waals surface area contributed by atoms with Gasteiger partial charge in [-0.2, -0.15) is 9.97 Å². The van der Waals surface area contributed by atoms with Crippen LogP contribution in [0.5, 0.6) is 23.0 Å². The Balaban J connectivity index is 0.000000186. The number of anilines is 9. The monoisotopic (exact) mass is 1430 g/mol. The highest BCUT2D eigenvalue weighted by atomic mass is 35.5. The number of hydrogen-bond acceptors (Lipinski definition) is 22. The van der Waals surface area contributed by atoms with Crippen molar-refractivity contribution in [2.24, 2.45) is 0 Å². The number of rotatable bonds is 16. The number of fused-ring (bicyclic) bond motifs is 2. The molecule has 12 rings (SSSR count). The number of nitrogens with zero attached hydrogens (tertiary/aromatic N) is 14. The predicted octanol–water partition coefficient (Wildman–Crippen LogP) is 12.9. The lowest BCUT2D eigenvalue weighted by Crippen LogP contribution is -2.50. The Morgan fingerprint density at radius 2 is 0.883 bits per heavy atom. The molecular weight excluding hydrogens is 1350 g/mol. The number of hydrogen-bond donors (Lipinski definition) is 2. The summed E-state index contributed by atoms with van der Waals surface area (Å²) in [6, 6.07) is 37.4. The van der Waals surface area contributed by atoms with Crippen molar-refractivity contribution in [2.45, 2.75) is 78.9 Å². The summed E-state index contributed by atoms with van der Waals surface area (Å²) in [4.78, 5) is 105. The zero-order valence-corrected chi connectivity index (χ0v) is 59.5. The third-order valence-corrected chi connectivity index (χ3v) is 16.8. The molecule has 30 nitrogen and oxygen atoms in total. The van der Waals surface area contributed by atoms with E-state index in [0.29, 0.717) is 113 Å². The molecular formula is C72H81ClN16O14. The Hall–Kier alpha value is -12.0. The SMILES string of the molecule is CC(C)(C)OC(=O)N1CCN(c2ccc(N)cc2)CC1.COc1cc(OC)cc(N2Cc3cnc(Cl)nc3N(Cc3ccc([N+](=O)[O-])cc3)C2=O)c1.COc1cc(OC)cc(N2Cc3cnc(Nc4ccc(N5CCN(C(=O)OC(C)(C)C)CC5)cc4)nc3N(Cc3ccc([N+](=O)[O-])cc3)C2=O)c1. The van der Waals surface area contributed by atoms with Crippen LogP contribution in [0, 0.1) is 20.2 Å². The molecule has 4 aliphatic heterocycles. The van der Waals surface area contributed by atoms with Gasteiger partial charge in [0.25, 0.3) is 11.4 Å². The van der Waals surface area contributed by atoms with Crippen molar-refractivity contribution < 1.29 is 57.4 Å². The molecule has 103 heavy (non-hydrogen) atoms. The van der Waals surface area contributed by atoms with E-state index in [1.807, 2.05) is 90.1 Å². The zero-order valence-electron chi connectivity index (χ0n) is 58.8. The van der Waals surface area contributed by atoms with Gasteiger partial charge in [-0.1, -0.05) is 24.3 Å². The standard InChI is InChI=1S/C36H40N8O7.C21H18ClN5O5.C15H23N3O2/c1-36(2,3)51-35(46)41-16-14-40(15-17-41)27-12-8-26(9-13-27)38-33-37-21-25-23-42(29-18-30(49-4)20-31(19-29)50-5)34(45)43(32(25)39-33)22-24-6-10-28(11-7-24)44(47)48;1-31-17-7-16(8-18(9-17)32-2)25-12-14-10-23-20(22)24-19(14)26(21(25)28)11-13-3-5-15(6-4-13)27(29)30;1-15(2,3)20-14(19)18-10-8-17(9-11-18)13-6-4-12(16)5-7-13/h6-13,18-21H,14-17,22-23H2,1-5H3,(H,37,38,39);3-10H,11-12H2,1-2H3;4-7H,8-11,16H2,1-3H3. The Kier molecular flexibility index (Phi) is 23.0. The van der Waals surface area contributed by atoms with Crippen LogP contribution in [-0.2, 0) is 35.7 Å². The van der Waals surface area contributed by atoms with Gasteiger partial charge in [-0.25, -0.2) is 29.1 Å². The Morgan fingerprint density at radius 1 is 0.515 bits per heavy atom. The van der Waals surface area contributed by atoms with Gasteiger partial charge in [-0.3, -0.25) is 39.8 Å². The van der Waals surface area contributed by atoms with Crippen LogP contribution in [0.25, 0.3) is 0 Å². The van der Waals surface area contributed by atoms with E-state index in [4.69, 9.17) is 50.7 Å². The lowest BCUT2D eigenvalue weighted by atomic mass is 10.1. The number of carbonyl (C=O) groups excluding carboxylic acids is 4. The first-order valence-electron chi connectivity index (χ1n) is 32.8. The van der Waals surface area contributed by atoms with Gasteiger partial charge < -0.3 is 59.1 Å². The van der Waals surface area contributed by atoms with Gasteiger partial charge in [-0.15, -0.1) is 0 Å². The van der Waals surface area contributed by atoms with E-state index in [2.05, 4.69) is 30.1 Å². The van der Waals surface area contributed by atoms with Crippen LogP contribution in [0.4, 0.5) is 82.3 Å². The molecule has 0 bridgehead atoms. The second kappa shape index (κ2) is 32.1. The summed E-state index contributed by atoms with van der Waals surface area (Å²) < 4.78 is 32.5. The van der Waals surface area contributed by atoms with Gasteiger partial charge in [0.1, 0.15) is 45.8 Å². The molecule has 4 aliphatic rings. The van der Waals surface area contributed by atoms with Gasteiger partial charge in [-0.05, 0) is 113 Å². The van der Waals surface area contributed by atoms with Crippen molar-refractivity contribution in [1.82, 2.24) is 29.7 Å². The van der Waals surface area contributed by atoms with Crippen LogP contribution >= 0.6 is 11.6 Å². The molecule has 6 heterocycles. The van der Waals surface area contributed by atoms with Gasteiger partial charge in [0.2, 0.25) is 11.2 Å². The summed E-state index contributed by atoms with van der Waals surface area (Å²) in [6.45, 7) is 17.3. The fourth-order valence-corrected chi connectivity index (χ4v) is 11.5. The largest absolute Gasteiger partial charge is 0.497 e. The minimum atomic E-state index is -0.536. The van der Waals surface area contributed by atoms with E-state index in [-0.39, 0.29) is 67.1 Å². The van der Waals surface area contributed by atoms with Crippen molar-refractivity contribution in [1.29, 1.82) is 0 Å². The highest BCUT2D eigenvalue weighted by molar-refractivity contribution is 6.28. The molecule has 0 radical (unpaired) electrons. The molecule has 0 saturated carbocycles. The molecule has 6 aromatic carbocycles. The van der Waals surface area contributed by atoms with E-state index < -0.39 is 21.0 Å². The fraction of sp³-hybridized carbons (Fsp3) is 0.333. The van der Waals surface area contributed by atoms with E-state index in [9.17, 15) is 39.4 Å². The predicted molar refractivity (Wildman–Crippen MR) is 391 cm³/mol. The minimum Gasteiger partial charge on any atom is -0.497 e. The summed E-state index contributed by atoms with van der Waals surface area (Å²) in [5.41, 5.74) is 12.2. The maximum absolute atomic E-state index is 14.2. The van der Waals surface area contributed by atoms with Crippen LogP contribution < -0.4 is 59.4 Å². The molecule has 6 amide bonds. The number of amides is 6. The number of piperazine rings is 2. The van der Waals surface area contributed by atoms with Gasteiger partial charge in [0.15, 0.2) is 0 Å². The molecule has 2 fully saturated rings. The quantitative estimate of drug-likeness (QED) is 0.0393. The third kappa shape index (κ3) is 18.9. The van der Waals surface area contributed by atoms with Crippen molar-refractivity contribution in [3.05, 3.63) is 194 Å². The number of methoxy groups -OCH3 is 4. The average Bonchev–Trinajstić information content (AvgIpc) is 0.771. The first kappa shape index (κ1) is 73.8. The molecule has 3 N–H and O–H groups in total. The molecule has 2 saturated heterocycles. The van der Waals surface area contributed by atoms with Crippen LogP contribution in [-0.4, -0.2) is 156 Å². The second-order valence-electron chi connectivity index (χ2n) is 26.1. The van der Waals surface area contributed by atoms with Crippen molar-refractivity contribution >= 4 is 98.9 Å². The van der Waals surface area contributed by atoms with Crippen molar-refractivity contribution in [3.63, 3.8) is 0 Å². The van der Waals surface area contributed by atoms with Crippen molar-refractivity contribution in [3.8, 4) is 23.0 Å². The highest BCUT2D eigenvalue weighted by Gasteiger charge is 2.37. The lowest BCUT2D eigenvalue weighted by Gasteiger charge is -2.36. The van der Waals surface area contributed by atoms with E-state index in [1.54, 1.807) is 92.7 Å². The molecule has 0 aliphatic carbocycles. The van der Waals surface area contributed by atoms with E-state index in [1.165, 1.54) is 62.5 Å². The summed E-state index contributed by atoms with van der Waals surface area (Å²) >= 11 is 6.00. The van der Waals surface area contributed by atoms with E-state index >= 15 is 0 Å². The van der Waals surface area contributed by atoms with Crippen molar-refractivity contribution in [2.75, 3.05) is 121 Å². The molecule has 0 spiro atoms. The summed E-state index contributed by atoms with van der Waals surface area (Å²) in [5.74, 6) is 3.22. The normalized spacial score (nSPS) is 14.4. The lowest BCUT2D eigenvalue weighted by molar-refractivity contribution is -0.385. The molecule has 540 valence electrons. The number of nitrogen functional groups attached to an aromatic ring is 1. The number of ether oxygens (including phenoxy) is 6.